The van der Waals surface area contributed by atoms with Gasteiger partial charge in [-0.05, 0) is 32.8 Å². The van der Waals surface area contributed by atoms with Gasteiger partial charge in [-0.3, -0.25) is 0 Å². The van der Waals surface area contributed by atoms with Crippen LogP contribution in [0.1, 0.15) is 39.3 Å². The van der Waals surface area contributed by atoms with Gasteiger partial charge >= 0.3 is 6.09 Å². The lowest BCUT2D eigenvalue weighted by atomic mass is 10.1. The molecule has 2 aliphatic rings. The van der Waals surface area contributed by atoms with Gasteiger partial charge in [-0.2, -0.15) is 0 Å². The molecule has 1 fully saturated rings. The molecule has 1 aromatic heterocycles. The fraction of sp³-hybridized carbons (Fsp3) is 0.611. The van der Waals surface area contributed by atoms with Gasteiger partial charge in [0.15, 0.2) is 0 Å². The molecule has 1 saturated heterocycles. The van der Waals surface area contributed by atoms with E-state index in [0.717, 1.165) is 24.1 Å². The summed E-state index contributed by atoms with van der Waals surface area (Å²) < 4.78 is 16.8. The number of aromatic nitrogens is 2. The summed E-state index contributed by atoms with van der Waals surface area (Å²) in [5, 5.41) is 0. The minimum atomic E-state index is -0.496. The molecule has 0 aromatic carbocycles. The molecule has 0 unspecified atom stereocenters. The smallest absolute Gasteiger partial charge is 0.410 e. The van der Waals surface area contributed by atoms with Crippen molar-refractivity contribution in [2.45, 2.75) is 45.3 Å². The summed E-state index contributed by atoms with van der Waals surface area (Å²) in [5.74, 6) is 0.520. The Balaban J connectivity index is 1.64. The lowest BCUT2D eigenvalue weighted by Crippen LogP contribution is -2.36. The Bertz CT molecular complexity index is 654. The predicted octanol–water partition coefficient (Wildman–Crippen LogP) is 2.67. The molecule has 7 heteroatoms. The number of nitrogens with zero attached hydrogens (tertiary/aromatic N) is 3. The zero-order chi connectivity index (χ0) is 17.9. The Hall–Kier alpha value is -2.15. The number of carbonyl (C=O) groups excluding carboxylic acids is 1. The van der Waals surface area contributed by atoms with Gasteiger partial charge in [-0.25, -0.2) is 14.8 Å². The van der Waals surface area contributed by atoms with Crippen LogP contribution >= 0.6 is 0 Å². The van der Waals surface area contributed by atoms with E-state index < -0.39 is 5.60 Å². The third kappa shape index (κ3) is 4.69. The lowest BCUT2D eigenvalue weighted by Gasteiger charge is -2.24. The quantitative estimate of drug-likeness (QED) is 0.837. The molecule has 0 spiro atoms. The molecule has 7 nitrogen and oxygen atoms in total. The highest BCUT2D eigenvalue weighted by atomic mass is 16.6. The molecule has 0 bridgehead atoms. The van der Waals surface area contributed by atoms with Gasteiger partial charge in [0.2, 0.25) is 5.88 Å². The topological polar surface area (TPSA) is 73.8 Å². The van der Waals surface area contributed by atoms with Crippen LogP contribution in [0.15, 0.2) is 18.5 Å². The standard InChI is InChI=1S/C18H25N3O4/c1-18(2,3)25-17(22)21-9-4-14(12-21)24-16-15(19-7-8-20-16)13-5-10-23-11-6-13/h5,7-8,14H,4,6,9-12H2,1-3H3/t14-/m1/s1. The number of rotatable bonds is 3. The van der Waals surface area contributed by atoms with Crippen molar-refractivity contribution < 1.29 is 19.0 Å². The zero-order valence-electron chi connectivity index (χ0n) is 15.0. The lowest BCUT2D eigenvalue weighted by molar-refractivity contribution is 0.0274. The minimum Gasteiger partial charge on any atom is -0.471 e. The van der Waals surface area contributed by atoms with E-state index in [1.54, 1.807) is 17.3 Å². The van der Waals surface area contributed by atoms with Crippen LogP contribution in [0.25, 0.3) is 5.57 Å². The van der Waals surface area contributed by atoms with Gasteiger partial charge in [0, 0.05) is 25.4 Å². The first-order valence-electron chi connectivity index (χ1n) is 8.65. The van der Waals surface area contributed by atoms with Crippen LogP contribution in [0.3, 0.4) is 0 Å². The largest absolute Gasteiger partial charge is 0.471 e. The van der Waals surface area contributed by atoms with Crippen molar-refractivity contribution in [2.75, 3.05) is 26.3 Å². The second kappa shape index (κ2) is 7.39. The monoisotopic (exact) mass is 347 g/mol. The van der Waals surface area contributed by atoms with Crippen LogP contribution in [0.2, 0.25) is 0 Å². The molecule has 0 aliphatic carbocycles. The Kier molecular flexibility index (Phi) is 5.22. The van der Waals surface area contributed by atoms with Crippen molar-refractivity contribution in [1.82, 2.24) is 14.9 Å². The molecular formula is C18H25N3O4. The molecular weight excluding hydrogens is 322 g/mol. The summed E-state index contributed by atoms with van der Waals surface area (Å²) in [4.78, 5) is 22.6. The van der Waals surface area contributed by atoms with Gasteiger partial charge in [-0.15, -0.1) is 0 Å². The normalized spacial score (nSPS) is 21.0. The number of amides is 1. The maximum absolute atomic E-state index is 12.2. The molecule has 0 saturated carbocycles. The summed E-state index contributed by atoms with van der Waals surface area (Å²) in [6, 6.07) is 0. The van der Waals surface area contributed by atoms with Crippen LogP contribution in [0.4, 0.5) is 4.79 Å². The highest BCUT2D eigenvalue weighted by Gasteiger charge is 2.31. The van der Waals surface area contributed by atoms with E-state index >= 15 is 0 Å². The fourth-order valence-corrected chi connectivity index (χ4v) is 2.85. The van der Waals surface area contributed by atoms with Crippen LogP contribution in [0, 0.1) is 0 Å². The Morgan fingerprint density at radius 1 is 1.32 bits per heavy atom. The van der Waals surface area contributed by atoms with E-state index in [9.17, 15) is 4.79 Å². The molecule has 1 atom stereocenters. The molecule has 0 radical (unpaired) electrons. The van der Waals surface area contributed by atoms with Gasteiger partial charge in [0.25, 0.3) is 0 Å². The van der Waals surface area contributed by atoms with Gasteiger partial charge in [-0.1, -0.05) is 6.08 Å². The minimum absolute atomic E-state index is 0.108. The zero-order valence-corrected chi connectivity index (χ0v) is 15.0. The maximum Gasteiger partial charge on any atom is 0.410 e. The van der Waals surface area contributed by atoms with Crippen molar-refractivity contribution in [1.29, 1.82) is 0 Å². The first-order valence-corrected chi connectivity index (χ1v) is 8.65. The van der Waals surface area contributed by atoms with Crippen molar-refractivity contribution in [3.05, 3.63) is 24.2 Å². The van der Waals surface area contributed by atoms with E-state index in [1.807, 2.05) is 26.8 Å². The van der Waals surface area contributed by atoms with E-state index in [-0.39, 0.29) is 12.2 Å². The van der Waals surface area contributed by atoms with Crippen LogP contribution in [-0.4, -0.2) is 59.0 Å². The first-order chi connectivity index (χ1) is 11.9. The van der Waals surface area contributed by atoms with Crippen molar-refractivity contribution >= 4 is 11.7 Å². The number of ether oxygens (including phenoxy) is 3. The summed E-state index contributed by atoms with van der Waals surface area (Å²) >= 11 is 0. The van der Waals surface area contributed by atoms with Gasteiger partial charge in [0.05, 0.1) is 19.8 Å². The molecule has 3 heterocycles. The number of carbonyl (C=O) groups is 1. The summed E-state index contributed by atoms with van der Waals surface area (Å²) in [5.41, 5.74) is 1.36. The average molecular weight is 347 g/mol. The van der Waals surface area contributed by atoms with Crippen LogP contribution < -0.4 is 4.74 Å². The predicted molar refractivity (Wildman–Crippen MR) is 92.3 cm³/mol. The fourth-order valence-electron chi connectivity index (χ4n) is 2.85. The SMILES string of the molecule is CC(C)(C)OC(=O)N1CC[C@@H](Oc2nccnc2C2=CCOCC2)C1. The summed E-state index contributed by atoms with van der Waals surface area (Å²) in [6.07, 6.45) is 6.44. The molecule has 1 amide bonds. The number of likely N-dealkylation sites (tertiary alicyclic amines) is 1. The van der Waals surface area contributed by atoms with E-state index in [4.69, 9.17) is 14.2 Å². The number of hydrogen-bond acceptors (Lipinski definition) is 6. The second-order valence-corrected chi connectivity index (χ2v) is 7.22. The van der Waals surface area contributed by atoms with Crippen molar-refractivity contribution in [3.63, 3.8) is 0 Å². The molecule has 3 rings (SSSR count). The van der Waals surface area contributed by atoms with Crippen LogP contribution in [-0.2, 0) is 9.47 Å². The second-order valence-electron chi connectivity index (χ2n) is 7.22. The highest BCUT2D eigenvalue weighted by Crippen LogP contribution is 2.28. The Morgan fingerprint density at radius 3 is 2.84 bits per heavy atom. The maximum atomic E-state index is 12.2. The van der Waals surface area contributed by atoms with Gasteiger partial charge in [0.1, 0.15) is 17.4 Å². The van der Waals surface area contributed by atoms with Crippen molar-refractivity contribution in [2.24, 2.45) is 0 Å². The third-order valence-electron chi connectivity index (χ3n) is 4.01. The number of hydrogen-bond donors (Lipinski definition) is 0. The summed E-state index contributed by atoms with van der Waals surface area (Å²) in [7, 11) is 0. The Morgan fingerprint density at radius 2 is 2.12 bits per heavy atom. The van der Waals surface area contributed by atoms with Gasteiger partial charge < -0.3 is 19.1 Å². The molecule has 136 valence electrons. The third-order valence-corrected chi connectivity index (χ3v) is 4.01. The summed E-state index contributed by atoms with van der Waals surface area (Å²) in [6.45, 7) is 7.96. The molecule has 0 N–H and O–H groups in total. The van der Waals surface area contributed by atoms with Crippen LogP contribution in [0.5, 0.6) is 5.88 Å². The van der Waals surface area contributed by atoms with Crippen molar-refractivity contribution in [3.8, 4) is 5.88 Å². The van der Waals surface area contributed by atoms with E-state index in [2.05, 4.69) is 9.97 Å². The molecule has 25 heavy (non-hydrogen) atoms. The molecule has 1 aromatic rings. The van der Waals surface area contributed by atoms with E-state index in [0.29, 0.717) is 32.2 Å². The first kappa shape index (κ1) is 17.7. The highest BCUT2D eigenvalue weighted by molar-refractivity contribution is 5.68. The molecule has 2 aliphatic heterocycles. The van der Waals surface area contributed by atoms with E-state index in [1.165, 1.54) is 0 Å². The average Bonchev–Trinajstić information content (AvgIpc) is 3.03. The Labute approximate surface area is 148 Å².